The van der Waals surface area contributed by atoms with E-state index in [9.17, 15) is 5.11 Å². The minimum Gasteiger partial charge on any atom is -0.393 e. The lowest BCUT2D eigenvalue weighted by molar-refractivity contribution is 0.116. The van der Waals surface area contributed by atoms with Gasteiger partial charge in [-0.25, -0.2) is 0 Å². The van der Waals surface area contributed by atoms with Crippen molar-refractivity contribution in [3.63, 3.8) is 0 Å². The van der Waals surface area contributed by atoms with Crippen LogP contribution in [0, 0.1) is 22.7 Å². The second kappa shape index (κ2) is 17.5. The van der Waals surface area contributed by atoms with E-state index >= 15 is 0 Å². The van der Waals surface area contributed by atoms with E-state index < -0.39 is 0 Å². The molecule has 0 amide bonds. The maximum absolute atomic E-state index is 10.1. The predicted molar refractivity (Wildman–Crippen MR) is 183 cm³/mol. The predicted octanol–water partition coefficient (Wildman–Crippen LogP) is 11.0. The zero-order chi connectivity index (χ0) is 31.1. The van der Waals surface area contributed by atoms with Crippen molar-refractivity contribution in [3.05, 3.63) is 131 Å². The van der Waals surface area contributed by atoms with Crippen molar-refractivity contribution in [2.45, 2.75) is 94.6 Å². The van der Waals surface area contributed by atoms with Crippen LogP contribution in [0.1, 0.15) is 88.5 Å². The van der Waals surface area contributed by atoms with Gasteiger partial charge in [0.25, 0.3) is 0 Å². The van der Waals surface area contributed by atoms with Crippen molar-refractivity contribution >= 4 is 0 Å². The summed E-state index contributed by atoms with van der Waals surface area (Å²) in [5.41, 5.74) is 8.40. The smallest absolute Gasteiger partial charge is 0.0585 e. The molecule has 0 radical (unpaired) electrons. The van der Waals surface area contributed by atoms with Crippen LogP contribution in [0.15, 0.2) is 131 Å². The summed E-state index contributed by atoms with van der Waals surface area (Å²) >= 11 is 0. The Labute approximate surface area is 252 Å². The van der Waals surface area contributed by atoms with Crippen molar-refractivity contribution in [2.24, 2.45) is 10.8 Å². The summed E-state index contributed by atoms with van der Waals surface area (Å²) < 4.78 is 0. The van der Waals surface area contributed by atoms with Crippen LogP contribution in [0.2, 0.25) is 0 Å². The summed E-state index contributed by atoms with van der Waals surface area (Å²) in [6.45, 7) is 25.6. The highest BCUT2D eigenvalue weighted by molar-refractivity contribution is 5.39. The van der Waals surface area contributed by atoms with Gasteiger partial charge in [0.2, 0.25) is 0 Å². The molecule has 0 unspecified atom stereocenters. The third-order valence-corrected chi connectivity index (χ3v) is 7.61. The molecule has 0 aliphatic heterocycles. The van der Waals surface area contributed by atoms with E-state index in [2.05, 4.69) is 161 Å². The molecule has 0 saturated carbocycles. The van der Waals surface area contributed by atoms with Crippen molar-refractivity contribution in [1.82, 2.24) is 0 Å². The molecule has 41 heavy (non-hydrogen) atoms. The molecule has 0 aromatic carbocycles. The zero-order valence-corrected chi connectivity index (χ0v) is 27.4. The molecule has 0 heterocycles. The van der Waals surface area contributed by atoms with Gasteiger partial charge in [0.05, 0.1) is 6.10 Å². The molecule has 0 spiro atoms. The summed E-state index contributed by atoms with van der Waals surface area (Å²) in [7, 11) is 0. The lowest BCUT2D eigenvalue weighted by Crippen LogP contribution is -2.28. The number of hydrogen-bond donors (Lipinski definition) is 1. The Morgan fingerprint density at radius 3 is 1.88 bits per heavy atom. The average Bonchev–Trinajstić information content (AvgIpc) is 2.87. The highest BCUT2D eigenvalue weighted by Crippen LogP contribution is 2.41. The molecule has 1 aliphatic carbocycles. The Balaban J connectivity index is 2.64. The Morgan fingerprint density at radius 2 is 1.37 bits per heavy atom. The number of rotatable bonds is 11. The second-order valence-electron chi connectivity index (χ2n) is 12.5. The highest BCUT2D eigenvalue weighted by atomic mass is 16.3. The number of hydrogen-bond acceptors (Lipinski definition) is 1. The lowest BCUT2D eigenvalue weighted by Gasteiger charge is -2.35. The SMILES string of the molecule is C=C(C#C/C=C/C(C)=C/C=C/C(C)=C/C=C/C=C(C)/C=C/C=C(C)/C=C/C1=C(C)C[C@@H](O)CC1(C)C)C(C)(C)CC. The summed E-state index contributed by atoms with van der Waals surface area (Å²) in [5.74, 6) is 6.26. The van der Waals surface area contributed by atoms with E-state index in [0.717, 1.165) is 30.4 Å². The van der Waals surface area contributed by atoms with Crippen LogP contribution in [0.3, 0.4) is 0 Å². The van der Waals surface area contributed by atoms with Crippen molar-refractivity contribution in [3.8, 4) is 11.8 Å². The molecule has 0 saturated heterocycles. The van der Waals surface area contributed by atoms with Crippen LogP contribution in [0.25, 0.3) is 0 Å². The van der Waals surface area contributed by atoms with Gasteiger partial charge in [0, 0.05) is 5.57 Å². The molecule has 0 fully saturated rings. The molecule has 1 atom stereocenters. The number of aliphatic hydroxyl groups excluding tert-OH is 1. The normalized spacial score (nSPS) is 19.8. The first-order chi connectivity index (χ1) is 19.2. The molecule has 1 N–H and O–H groups in total. The third-order valence-electron chi connectivity index (χ3n) is 7.61. The molecule has 1 nitrogen and oxygen atoms in total. The lowest BCUT2D eigenvalue weighted by atomic mass is 9.71. The molecular weight excluding hydrogens is 496 g/mol. The van der Waals surface area contributed by atoms with E-state index in [4.69, 9.17) is 0 Å². The third kappa shape index (κ3) is 14.2. The fraction of sp³-hybridized carbons (Fsp3) is 0.400. The molecule has 1 heteroatoms. The fourth-order valence-electron chi connectivity index (χ4n) is 4.42. The molecular formula is C40H54O. The molecule has 0 aromatic rings. The van der Waals surface area contributed by atoms with E-state index in [-0.39, 0.29) is 16.9 Å². The standard InChI is InChI=1S/C40H54O/c1-12-39(8,9)36(7)26-16-15-21-33(4)23-17-22-31(2)19-13-14-20-32(3)24-18-25-34(5)27-28-38-35(6)29-37(41)30-40(38,10)11/h13-15,17-25,27-28,37,41H,7,12,29-30H2,1-6,8-11H3/b14-13+,21-15+,22-17+,24-18+,28-27+,31-19+,32-20+,33-23+,34-25+/t37-/m1/s1. The van der Waals surface area contributed by atoms with Crippen LogP contribution >= 0.6 is 0 Å². The maximum atomic E-state index is 10.1. The van der Waals surface area contributed by atoms with E-state index in [1.165, 1.54) is 27.9 Å². The zero-order valence-electron chi connectivity index (χ0n) is 27.4. The minimum absolute atomic E-state index is 0.00706. The Morgan fingerprint density at radius 1 is 0.878 bits per heavy atom. The van der Waals surface area contributed by atoms with E-state index in [0.29, 0.717) is 0 Å². The number of allylic oxidation sites excluding steroid dienone is 20. The summed E-state index contributed by atoms with van der Waals surface area (Å²) in [6.07, 6.45) is 31.7. The van der Waals surface area contributed by atoms with Crippen LogP contribution in [0.4, 0.5) is 0 Å². The first-order valence-corrected chi connectivity index (χ1v) is 14.8. The molecule has 1 rings (SSSR count). The van der Waals surface area contributed by atoms with Crippen LogP contribution < -0.4 is 0 Å². The van der Waals surface area contributed by atoms with Crippen molar-refractivity contribution in [1.29, 1.82) is 0 Å². The monoisotopic (exact) mass is 550 g/mol. The van der Waals surface area contributed by atoms with Crippen LogP contribution in [-0.2, 0) is 0 Å². The quantitative estimate of drug-likeness (QED) is 0.200. The molecule has 1 aliphatic rings. The second-order valence-corrected chi connectivity index (χ2v) is 12.5. The first kappa shape index (κ1) is 35.7. The molecule has 0 aromatic heterocycles. The van der Waals surface area contributed by atoms with Gasteiger partial charge in [-0.2, -0.15) is 0 Å². The Hall–Kier alpha value is -3.34. The van der Waals surface area contributed by atoms with Gasteiger partial charge in [0.1, 0.15) is 0 Å². The average molecular weight is 551 g/mol. The van der Waals surface area contributed by atoms with Gasteiger partial charge >= 0.3 is 0 Å². The van der Waals surface area contributed by atoms with E-state index in [1.54, 1.807) is 0 Å². The molecule has 0 bridgehead atoms. The first-order valence-electron chi connectivity index (χ1n) is 14.8. The summed E-state index contributed by atoms with van der Waals surface area (Å²) in [6, 6.07) is 0. The highest BCUT2D eigenvalue weighted by Gasteiger charge is 2.31. The topological polar surface area (TPSA) is 20.2 Å². The van der Waals surface area contributed by atoms with Gasteiger partial charge in [0.15, 0.2) is 0 Å². The van der Waals surface area contributed by atoms with Gasteiger partial charge in [-0.15, -0.1) is 0 Å². The summed E-state index contributed by atoms with van der Waals surface area (Å²) in [5, 5.41) is 10.1. The van der Waals surface area contributed by atoms with Crippen LogP contribution in [0.5, 0.6) is 0 Å². The Kier molecular flexibility index (Phi) is 15.2. The fourth-order valence-corrected chi connectivity index (χ4v) is 4.42. The van der Waals surface area contributed by atoms with Gasteiger partial charge in [-0.05, 0) is 76.4 Å². The number of aliphatic hydroxyl groups is 1. The maximum Gasteiger partial charge on any atom is 0.0585 e. The van der Waals surface area contributed by atoms with Crippen molar-refractivity contribution < 1.29 is 5.11 Å². The minimum atomic E-state index is -0.225. The van der Waals surface area contributed by atoms with Crippen LogP contribution in [-0.4, -0.2) is 11.2 Å². The summed E-state index contributed by atoms with van der Waals surface area (Å²) in [4.78, 5) is 0. The van der Waals surface area contributed by atoms with Crippen molar-refractivity contribution in [2.75, 3.05) is 0 Å². The van der Waals surface area contributed by atoms with Gasteiger partial charge < -0.3 is 5.11 Å². The largest absolute Gasteiger partial charge is 0.393 e. The van der Waals surface area contributed by atoms with E-state index in [1.807, 2.05) is 12.2 Å². The molecule has 220 valence electrons. The van der Waals surface area contributed by atoms with Gasteiger partial charge in [-0.1, -0.05) is 160 Å². The van der Waals surface area contributed by atoms with Gasteiger partial charge in [-0.3, -0.25) is 0 Å². The Bertz CT molecular complexity index is 1270.